The Labute approximate surface area is 179 Å². The summed E-state index contributed by atoms with van der Waals surface area (Å²) in [4.78, 5) is 0. The molecule has 3 aromatic carbocycles. The van der Waals surface area contributed by atoms with Gasteiger partial charge in [0.2, 0.25) is 0 Å². The molecule has 0 spiro atoms. The number of hydrogen-bond acceptors (Lipinski definition) is 2. The second-order valence-electron chi connectivity index (χ2n) is 6.79. The molecule has 1 atom stereocenters. The van der Waals surface area contributed by atoms with E-state index in [1.807, 2.05) is 61.6 Å². The van der Waals surface area contributed by atoms with Gasteiger partial charge in [-0.3, -0.25) is 0 Å². The number of nitrogens with one attached hydrogen (secondary N) is 1. The Kier molecular flexibility index (Phi) is 5.50. The zero-order valence-electron chi connectivity index (χ0n) is 15.1. The molecule has 5 heteroatoms. The molecular weight excluding hydrogens is 413 g/mol. The van der Waals surface area contributed by atoms with Crippen molar-refractivity contribution in [3.8, 4) is 11.1 Å². The molecule has 1 aliphatic rings. The fourth-order valence-corrected chi connectivity index (χ4v) is 4.22. The van der Waals surface area contributed by atoms with E-state index in [-0.39, 0.29) is 0 Å². The van der Waals surface area contributed by atoms with Gasteiger partial charge in [0.15, 0.2) is 0 Å². The Bertz CT molecular complexity index is 1070. The minimum Gasteiger partial charge on any atom is -0.387 e. The van der Waals surface area contributed by atoms with Crippen molar-refractivity contribution in [1.82, 2.24) is 5.32 Å². The van der Waals surface area contributed by atoms with Crippen LogP contribution in [0.5, 0.6) is 0 Å². The van der Waals surface area contributed by atoms with E-state index >= 15 is 0 Å². The van der Waals surface area contributed by atoms with Crippen LogP contribution < -0.4 is 5.32 Å². The Morgan fingerprint density at radius 2 is 1.54 bits per heavy atom. The average Bonchev–Trinajstić information content (AvgIpc) is 2.96. The number of halogens is 3. The van der Waals surface area contributed by atoms with E-state index < -0.39 is 6.10 Å². The SMILES string of the molecule is CNCC(O)c1cc(Cl)cc2c1-c1ccc(Cl)cc1/C2=C\c1ccc(Cl)cc1. The third-order valence-electron chi connectivity index (χ3n) is 4.90. The normalized spacial score (nSPS) is 14.8. The first-order chi connectivity index (χ1) is 13.5. The summed E-state index contributed by atoms with van der Waals surface area (Å²) in [5, 5.41) is 15.7. The first kappa shape index (κ1) is 19.5. The standard InChI is InChI=1S/C23H18Cl3NO/c1-27-12-22(28)21-11-16(26)10-20-18(8-13-2-4-14(24)5-3-13)19-9-15(25)6-7-17(19)23(20)21/h2-11,22,27-28H,12H2,1H3/b18-8+. The van der Waals surface area contributed by atoms with Gasteiger partial charge in [0.1, 0.15) is 0 Å². The van der Waals surface area contributed by atoms with Crippen molar-refractivity contribution in [3.63, 3.8) is 0 Å². The highest BCUT2D eigenvalue weighted by Crippen LogP contribution is 2.49. The molecule has 0 saturated carbocycles. The van der Waals surface area contributed by atoms with Crippen LogP contribution in [-0.2, 0) is 0 Å². The maximum Gasteiger partial charge on any atom is 0.0920 e. The predicted molar refractivity (Wildman–Crippen MR) is 119 cm³/mol. The molecule has 1 aliphatic carbocycles. The summed E-state index contributed by atoms with van der Waals surface area (Å²) in [6, 6.07) is 17.3. The van der Waals surface area contributed by atoms with Crippen LogP contribution in [-0.4, -0.2) is 18.7 Å². The topological polar surface area (TPSA) is 32.3 Å². The van der Waals surface area contributed by atoms with Crippen LogP contribution in [0.1, 0.15) is 28.4 Å². The number of benzene rings is 3. The van der Waals surface area contributed by atoms with Crippen molar-refractivity contribution >= 4 is 46.5 Å². The molecule has 0 radical (unpaired) electrons. The van der Waals surface area contributed by atoms with Crippen molar-refractivity contribution in [2.75, 3.05) is 13.6 Å². The van der Waals surface area contributed by atoms with E-state index in [9.17, 15) is 5.11 Å². The zero-order valence-corrected chi connectivity index (χ0v) is 17.4. The summed E-state index contributed by atoms with van der Waals surface area (Å²) < 4.78 is 0. The van der Waals surface area contributed by atoms with E-state index in [4.69, 9.17) is 34.8 Å². The lowest BCUT2D eigenvalue weighted by Gasteiger charge is -2.16. The van der Waals surface area contributed by atoms with Crippen LogP contribution in [0, 0.1) is 0 Å². The molecule has 0 aromatic heterocycles. The maximum atomic E-state index is 10.7. The van der Waals surface area contributed by atoms with Crippen LogP contribution in [0.4, 0.5) is 0 Å². The largest absolute Gasteiger partial charge is 0.387 e. The molecule has 0 aliphatic heterocycles. The molecule has 1 unspecified atom stereocenters. The molecule has 0 bridgehead atoms. The second-order valence-corrected chi connectivity index (χ2v) is 8.10. The van der Waals surface area contributed by atoms with Crippen LogP contribution in [0.25, 0.3) is 22.8 Å². The lowest BCUT2D eigenvalue weighted by Crippen LogP contribution is -2.17. The van der Waals surface area contributed by atoms with Crippen LogP contribution in [0.15, 0.2) is 54.6 Å². The summed E-state index contributed by atoms with van der Waals surface area (Å²) in [5.74, 6) is 0. The third kappa shape index (κ3) is 3.59. The Morgan fingerprint density at radius 1 is 0.857 bits per heavy atom. The lowest BCUT2D eigenvalue weighted by atomic mass is 9.95. The van der Waals surface area contributed by atoms with E-state index in [0.717, 1.165) is 39.0 Å². The van der Waals surface area contributed by atoms with Gasteiger partial charge in [0, 0.05) is 21.6 Å². The third-order valence-corrected chi connectivity index (χ3v) is 5.61. The Balaban J connectivity index is 1.98. The van der Waals surface area contributed by atoms with Crippen molar-refractivity contribution < 1.29 is 5.11 Å². The van der Waals surface area contributed by atoms with Crippen LogP contribution >= 0.6 is 34.8 Å². The minimum atomic E-state index is -0.671. The van der Waals surface area contributed by atoms with Gasteiger partial charge in [-0.2, -0.15) is 0 Å². The van der Waals surface area contributed by atoms with Crippen molar-refractivity contribution in [2.45, 2.75) is 6.10 Å². The number of likely N-dealkylation sites (N-methyl/N-ethyl adjacent to an activating group) is 1. The summed E-state index contributed by atoms with van der Waals surface area (Å²) in [7, 11) is 1.81. The first-order valence-corrected chi connectivity index (χ1v) is 10.1. The van der Waals surface area contributed by atoms with Gasteiger partial charge in [-0.05, 0) is 88.5 Å². The zero-order chi connectivity index (χ0) is 19.8. The van der Waals surface area contributed by atoms with Gasteiger partial charge < -0.3 is 10.4 Å². The van der Waals surface area contributed by atoms with E-state index in [1.165, 1.54) is 0 Å². The average molecular weight is 431 g/mol. The molecule has 0 heterocycles. The number of fused-ring (bicyclic) bond motifs is 3. The molecular formula is C23H18Cl3NO. The van der Waals surface area contributed by atoms with Gasteiger partial charge in [-0.25, -0.2) is 0 Å². The van der Waals surface area contributed by atoms with Gasteiger partial charge in [0.25, 0.3) is 0 Å². The molecule has 2 N–H and O–H groups in total. The molecule has 28 heavy (non-hydrogen) atoms. The number of rotatable bonds is 4. The lowest BCUT2D eigenvalue weighted by molar-refractivity contribution is 0.178. The second kappa shape index (κ2) is 7.90. The number of aliphatic hydroxyl groups is 1. The molecule has 0 saturated heterocycles. The molecule has 2 nitrogen and oxygen atoms in total. The fraction of sp³-hybridized carbons (Fsp3) is 0.130. The first-order valence-electron chi connectivity index (χ1n) is 8.92. The highest BCUT2D eigenvalue weighted by molar-refractivity contribution is 6.32. The molecule has 0 fully saturated rings. The van der Waals surface area contributed by atoms with Gasteiger partial charge in [-0.15, -0.1) is 0 Å². The smallest absolute Gasteiger partial charge is 0.0920 e. The number of aliphatic hydroxyl groups excluding tert-OH is 1. The van der Waals surface area contributed by atoms with E-state index in [2.05, 4.69) is 11.4 Å². The van der Waals surface area contributed by atoms with Crippen LogP contribution in [0.3, 0.4) is 0 Å². The molecule has 142 valence electrons. The van der Waals surface area contributed by atoms with Crippen molar-refractivity contribution in [2.24, 2.45) is 0 Å². The fourth-order valence-electron chi connectivity index (χ4n) is 3.69. The van der Waals surface area contributed by atoms with E-state index in [0.29, 0.717) is 21.6 Å². The minimum absolute atomic E-state index is 0.436. The molecule has 3 aromatic rings. The maximum absolute atomic E-state index is 10.7. The van der Waals surface area contributed by atoms with Gasteiger partial charge >= 0.3 is 0 Å². The van der Waals surface area contributed by atoms with Crippen molar-refractivity contribution in [1.29, 1.82) is 0 Å². The molecule has 0 amide bonds. The quantitative estimate of drug-likeness (QED) is 0.389. The van der Waals surface area contributed by atoms with Gasteiger partial charge in [-0.1, -0.05) is 53.0 Å². The van der Waals surface area contributed by atoms with Gasteiger partial charge in [0.05, 0.1) is 6.10 Å². The monoisotopic (exact) mass is 429 g/mol. The summed E-state index contributed by atoms with van der Waals surface area (Å²) >= 11 is 18.8. The van der Waals surface area contributed by atoms with Crippen LogP contribution in [0.2, 0.25) is 15.1 Å². The molecule has 4 rings (SSSR count). The number of hydrogen-bond donors (Lipinski definition) is 2. The Morgan fingerprint density at radius 3 is 2.25 bits per heavy atom. The van der Waals surface area contributed by atoms with Crippen molar-refractivity contribution in [3.05, 3.63) is 91.9 Å². The summed E-state index contributed by atoms with van der Waals surface area (Å²) in [6.45, 7) is 0.436. The predicted octanol–water partition coefficient (Wildman–Crippen LogP) is 6.47. The highest BCUT2D eigenvalue weighted by atomic mass is 35.5. The Hall–Kier alpha value is -1.81. The van der Waals surface area contributed by atoms with E-state index in [1.54, 1.807) is 0 Å². The summed E-state index contributed by atoms with van der Waals surface area (Å²) in [5.41, 5.74) is 6.91. The summed E-state index contributed by atoms with van der Waals surface area (Å²) in [6.07, 6.45) is 1.43. The highest BCUT2D eigenvalue weighted by Gasteiger charge is 2.29.